The summed E-state index contributed by atoms with van der Waals surface area (Å²) in [6.07, 6.45) is 5.86. The van der Waals surface area contributed by atoms with Crippen LogP contribution >= 0.6 is 0 Å². The van der Waals surface area contributed by atoms with Crippen LogP contribution in [-0.2, 0) is 61.4 Å². The minimum atomic E-state index is -1.07. The average molecular weight is 761 g/mol. The van der Waals surface area contributed by atoms with Crippen molar-refractivity contribution in [3.05, 3.63) is 64.9 Å². The first-order valence-corrected chi connectivity index (χ1v) is 14.9. The molecular weight excluding hydrogens is 717 g/mol. The average Bonchev–Trinajstić information content (AvgIpc) is 3.37. The van der Waals surface area contributed by atoms with Gasteiger partial charge in [-0.25, -0.2) is 0 Å². The smallest absolute Gasteiger partial charge is 0.266 e. The SMILES string of the molecule is CNC(=O)C(CCC=O)N1C(=O)c2cccc(OC[NH-])c2C1=O.CNc1ccc(/C=C\C=O)c(OC)c1.O=CCCOCCOCCO.[Y]. The van der Waals surface area contributed by atoms with Gasteiger partial charge in [0.2, 0.25) is 5.91 Å². The number of aldehydes is 3. The van der Waals surface area contributed by atoms with Gasteiger partial charge in [0.25, 0.3) is 11.8 Å². The number of ether oxygens (including phenoxy) is 4. The minimum absolute atomic E-state index is 0. The molecule has 1 radical (unpaired) electrons. The van der Waals surface area contributed by atoms with Crippen LogP contribution in [0.5, 0.6) is 11.5 Å². The molecule has 265 valence electrons. The van der Waals surface area contributed by atoms with E-state index in [0.717, 1.165) is 34.5 Å². The number of likely N-dealkylation sites (N-methyl/N-ethyl adjacent to an activating group) is 1. The zero-order valence-corrected chi connectivity index (χ0v) is 30.7. The van der Waals surface area contributed by atoms with Crippen LogP contribution in [0.3, 0.4) is 0 Å². The van der Waals surface area contributed by atoms with E-state index in [1.807, 2.05) is 25.2 Å². The number of methoxy groups -OCH3 is 1. The van der Waals surface area contributed by atoms with Gasteiger partial charge >= 0.3 is 0 Å². The van der Waals surface area contributed by atoms with Crippen molar-refractivity contribution < 1.29 is 85.5 Å². The van der Waals surface area contributed by atoms with Gasteiger partial charge in [-0.3, -0.25) is 24.1 Å². The van der Waals surface area contributed by atoms with E-state index in [0.29, 0.717) is 39.1 Å². The number of carbonyl (C=O) groups is 6. The minimum Gasteiger partial charge on any atom is -0.644 e. The van der Waals surface area contributed by atoms with Crippen LogP contribution in [0.2, 0.25) is 0 Å². The van der Waals surface area contributed by atoms with Crippen LogP contribution in [0.1, 0.15) is 45.5 Å². The van der Waals surface area contributed by atoms with Crippen molar-refractivity contribution >= 4 is 48.3 Å². The summed E-state index contributed by atoms with van der Waals surface area (Å²) in [4.78, 5) is 68.6. The molecule has 3 amide bonds. The molecule has 0 fully saturated rings. The third kappa shape index (κ3) is 15.1. The van der Waals surface area contributed by atoms with Crippen molar-refractivity contribution in [3.63, 3.8) is 0 Å². The Morgan fingerprint density at radius 2 is 1.65 bits per heavy atom. The molecule has 15 nitrogen and oxygen atoms in total. The summed E-state index contributed by atoms with van der Waals surface area (Å²) in [7, 11) is 4.84. The van der Waals surface area contributed by atoms with Crippen LogP contribution < -0.4 is 20.1 Å². The second-order valence-corrected chi connectivity index (χ2v) is 9.43. The van der Waals surface area contributed by atoms with Gasteiger partial charge in [0.15, 0.2) is 0 Å². The second-order valence-electron chi connectivity index (χ2n) is 9.43. The molecule has 16 heteroatoms. The molecule has 0 spiro atoms. The summed E-state index contributed by atoms with van der Waals surface area (Å²) in [5, 5.41) is 13.7. The number of anilines is 1. The number of imide groups is 1. The number of hydrogen-bond donors (Lipinski definition) is 3. The van der Waals surface area contributed by atoms with Gasteiger partial charge in [-0.15, -0.1) is 0 Å². The van der Waals surface area contributed by atoms with Gasteiger partial charge < -0.3 is 50.0 Å². The predicted octanol–water partition coefficient (Wildman–Crippen LogP) is 2.31. The quantitative estimate of drug-likeness (QED) is 0.0816. The molecule has 3 rings (SSSR count). The van der Waals surface area contributed by atoms with E-state index >= 15 is 0 Å². The fourth-order valence-corrected chi connectivity index (χ4v) is 4.19. The van der Waals surface area contributed by atoms with Crippen molar-refractivity contribution in [2.75, 3.05) is 66.3 Å². The molecule has 4 N–H and O–H groups in total. The maximum absolute atomic E-state index is 12.6. The van der Waals surface area contributed by atoms with E-state index in [-0.39, 0.29) is 69.0 Å². The Labute approximate surface area is 310 Å². The second kappa shape index (κ2) is 27.0. The number of aliphatic hydroxyl groups is 1. The number of benzene rings is 2. The molecule has 1 heterocycles. The van der Waals surface area contributed by atoms with Gasteiger partial charge in [-0.05, 0) is 49.6 Å². The third-order valence-electron chi connectivity index (χ3n) is 6.42. The summed E-state index contributed by atoms with van der Waals surface area (Å²) >= 11 is 0. The molecule has 0 bridgehead atoms. The number of rotatable bonds is 19. The van der Waals surface area contributed by atoms with Crippen molar-refractivity contribution in [1.29, 1.82) is 0 Å². The normalized spacial score (nSPS) is 11.9. The fraction of sp³-hybridized carbons (Fsp3) is 0.394. The first-order chi connectivity index (χ1) is 23.3. The van der Waals surface area contributed by atoms with E-state index in [4.69, 9.17) is 29.8 Å². The molecule has 0 aliphatic carbocycles. The van der Waals surface area contributed by atoms with E-state index < -0.39 is 30.5 Å². The van der Waals surface area contributed by atoms with Gasteiger partial charge in [0, 0.05) is 77.0 Å². The molecule has 2 aromatic rings. The molecule has 1 aliphatic rings. The summed E-state index contributed by atoms with van der Waals surface area (Å²) in [6, 6.07) is 9.12. The summed E-state index contributed by atoms with van der Waals surface area (Å²) < 4.78 is 20.1. The molecule has 49 heavy (non-hydrogen) atoms. The third-order valence-corrected chi connectivity index (χ3v) is 6.42. The zero-order chi connectivity index (χ0) is 35.7. The van der Waals surface area contributed by atoms with Crippen molar-refractivity contribution in [2.24, 2.45) is 0 Å². The number of amides is 3. The Hall–Kier alpha value is -3.86. The fourth-order valence-electron chi connectivity index (χ4n) is 4.19. The van der Waals surface area contributed by atoms with Crippen LogP contribution in [0, 0.1) is 0 Å². The van der Waals surface area contributed by atoms with Gasteiger partial charge in [-0.1, -0.05) is 6.07 Å². The monoisotopic (exact) mass is 760 g/mol. The van der Waals surface area contributed by atoms with E-state index in [9.17, 15) is 28.8 Å². The van der Waals surface area contributed by atoms with Crippen LogP contribution in [-0.4, -0.2) is 114 Å². The molecule has 0 saturated carbocycles. The number of nitrogens with zero attached hydrogens (tertiary/aromatic N) is 1. The predicted molar refractivity (Wildman–Crippen MR) is 177 cm³/mol. The first kappa shape index (κ1) is 45.1. The van der Waals surface area contributed by atoms with Crippen molar-refractivity contribution in [2.45, 2.75) is 25.3 Å². The van der Waals surface area contributed by atoms with Gasteiger partial charge in [0.1, 0.15) is 36.4 Å². The maximum atomic E-state index is 12.6. The number of carbonyl (C=O) groups excluding carboxylic acids is 6. The number of hydrogen-bond acceptors (Lipinski definition) is 12. The molecule has 1 atom stereocenters. The Kier molecular flexibility index (Phi) is 24.9. The van der Waals surface area contributed by atoms with Crippen LogP contribution in [0.4, 0.5) is 5.69 Å². The topological polar surface area (TPSA) is 211 Å². The molecule has 1 unspecified atom stereocenters. The zero-order valence-electron chi connectivity index (χ0n) is 27.8. The Morgan fingerprint density at radius 3 is 2.22 bits per heavy atom. The molecule has 0 aromatic heterocycles. The van der Waals surface area contributed by atoms with Gasteiger partial charge in [0.05, 0.1) is 51.3 Å². The Balaban J connectivity index is 0.000000761. The standard InChI is InChI=1S/C15H16N3O5.C11H13NO2.C7H14O4.Y/c1-17-13(20)10(5-3-7-19)18-14(21)9-4-2-6-11(23-8-16)12(9)15(18)22;1-12-10-6-5-9(4-3-7-13)11(8-10)14-2;8-2-1-4-10-6-7-11-5-3-9;/h2,4,6-7,10,16H,3,5,8H2,1H3,(H,17,20);3-8,12H,1-2H3;2,9H,1,3-7H2;/q-1;;;/b;4-3-;;. The number of nitrogens with one attached hydrogen (secondary N) is 3. The van der Waals surface area contributed by atoms with Crippen LogP contribution in [0.15, 0.2) is 42.5 Å². The van der Waals surface area contributed by atoms with Crippen molar-refractivity contribution in [3.8, 4) is 11.5 Å². The van der Waals surface area contributed by atoms with Crippen LogP contribution in [0.25, 0.3) is 11.8 Å². The summed E-state index contributed by atoms with van der Waals surface area (Å²) in [5.41, 5.74) is 9.14. The molecule has 0 saturated heterocycles. The van der Waals surface area contributed by atoms with Crippen molar-refractivity contribution in [1.82, 2.24) is 10.2 Å². The number of fused-ring (bicyclic) bond motifs is 1. The Morgan fingerprint density at radius 1 is 0.959 bits per heavy atom. The summed E-state index contributed by atoms with van der Waals surface area (Å²) in [5.74, 6) is -0.919. The summed E-state index contributed by atoms with van der Waals surface area (Å²) in [6.45, 7) is 1.38. The van der Waals surface area contributed by atoms with E-state index in [1.165, 1.54) is 25.3 Å². The first-order valence-electron chi connectivity index (χ1n) is 14.9. The molecule has 2 aromatic carbocycles. The largest absolute Gasteiger partial charge is 0.644 e. The number of allylic oxidation sites excluding steroid dienone is 1. The molecular formula is C33H43N4O11Y-. The molecule has 1 aliphatic heterocycles. The Bertz CT molecular complexity index is 1370. The van der Waals surface area contributed by atoms with E-state index in [1.54, 1.807) is 19.3 Å². The maximum Gasteiger partial charge on any atom is 0.266 e. The van der Waals surface area contributed by atoms with Gasteiger partial charge in [-0.2, -0.15) is 0 Å². The number of aliphatic hydroxyl groups excluding tert-OH is 1. The van der Waals surface area contributed by atoms with E-state index in [2.05, 4.69) is 10.6 Å².